The Morgan fingerprint density at radius 1 is 0.971 bits per heavy atom. The fourth-order valence-corrected chi connectivity index (χ4v) is 4.74. The van der Waals surface area contributed by atoms with Crippen molar-refractivity contribution < 1.29 is 9.53 Å². The summed E-state index contributed by atoms with van der Waals surface area (Å²) in [6, 6.07) is 20.2. The van der Waals surface area contributed by atoms with Gasteiger partial charge in [0.05, 0.1) is 18.0 Å². The largest absolute Gasteiger partial charge is 0.494 e. The molecule has 1 aliphatic heterocycles. The summed E-state index contributed by atoms with van der Waals surface area (Å²) in [6.07, 6.45) is 2.16. The van der Waals surface area contributed by atoms with Crippen LogP contribution >= 0.6 is 11.6 Å². The van der Waals surface area contributed by atoms with Gasteiger partial charge in [-0.15, -0.1) is 0 Å². The second kappa shape index (κ2) is 10.1. The highest BCUT2D eigenvalue weighted by atomic mass is 35.5. The Morgan fingerprint density at radius 3 is 2.43 bits per heavy atom. The number of pyridine rings is 1. The fraction of sp³-hybridized carbons (Fsp3) is 0.286. The molecule has 0 N–H and O–H groups in total. The zero-order chi connectivity index (χ0) is 24.4. The number of aromatic nitrogens is 2. The molecule has 1 fully saturated rings. The average molecular weight is 489 g/mol. The molecule has 180 valence electrons. The van der Waals surface area contributed by atoms with Crippen LogP contribution in [-0.2, 0) is 11.3 Å². The molecule has 6 nitrogen and oxygen atoms in total. The monoisotopic (exact) mass is 488 g/mol. The summed E-state index contributed by atoms with van der Waals surface area (Å²) in [5.41, 5.74) is 6.21. The summed E-state index contributed by atoms with van der Waals surface area (Å²) in [6.45, 7) is 8.18. The van der Waals surface area contributed by atoms with Gasteiger partial charge in [0.15, 0.2) is 0 Å². The number of carbonyl (C=O) groups is 1. The summed E-state index contributed by atoms with van der Waals surface area (Å²) in [4.78, 5) is 21.1. The number of rotatable bonds is 6. The van der Waals surface area contributed by atoms with E-state index in [0.29, 0.717) is 11.6 Å². The third-order valence-electron chi connectivity index (χ3n) is 6.50. The highest BCUT2D eigenvalue weighted by Crippen LogP contribution is 2.30. The molecule has 2 aromatic heterocycles. The van der Waals surface area contributed by atoms with Gasteiger partial charge in [-0.1, -0.05) is 35.9 Å². The molecule has 35 heavy (non-hydrogen) atoms. The number of piperazine rings is 1. The van der Waals surface area contributed by atoms with Crippen LogP contribution < -0.4 is 4.74 Å². The molecule has 1 amide bonds. The molecule has 1 saturated heterocycles. The van der Waals surface area contributed by atoms with E-state index in [1.165, 1.54) is 0 Å². The lowest BCUT2D eigenvalue weighted by atomic mass is 10.1. The Morgan fingerprint density at radius 2 is 1.71 bits per heavy atom. The molecule has 0 bridgehead atoms. The van der Waals surface area contributed by atoms with Crippen LogP contribution in [0.1, 0.15) is 19.5 Å². The minimum absolute atomic E-state index is 0.139. The molecule has 0 spiro atoms. The molecule has 0 saturated carbocycles. The number of ether oxygens (including phenoxy) is 1. The van der Waals surface area contributed by atoms with Crippen LogP contribution in [0.15, 0.2) is 66.9 Å². The van der Waals surface area contributed by atoms with Crippen molar-refractivity contribution in [2.75, 3.05) is 32.8 Å². The molecule has 0 radical (unpaired) electrons. The maximum atomic E-state index is 11.8. The summed E-state index contributed by atoms with van der Waals surface area (Å²) in [5, 5.41) is 0.705. The van der Waals surface area contributed by atoms with Crippen molar-refractivity contribution in [3.8, 4) is 28.1 Å². The van der Waals surface area contributed by atoms with E-state index in [1.807, 2.05) is 48.2 Å². The van der Waals surface area contributed by atoms with Gasteiger partial charge in [0, 0.05) is 56.4 Å². The molecular weight excluding hydrogens is 460 g/mol. The van der Waals surface area contributed by atoms with Crippen molar-refractivity contribution in [3.63, 3.8) is 0 Å². The fourth-order valence-electron chi connectivity index (χ4n) is 4.62. The molecule has 4 aromatic rings. The van der Waals surface area contributed by atoms with Crippen LogP contribution in [0.5, 0.6) is 5.75 Å². The van der Waals surface area contributed by atoms with E-state index in [9.17, 15) is 4.79 Å². The summed E-state index contributed by atoms with van der Waals surface area (Å²) in [7, 11) is 0. The van der Waals surface area contributed by atoms with Crippen molar-refractivity contribution in [2.45, 2.75) is 20.4 Å². The van der Waals surface area contributed by atoms with Gasteiger partial charge in [-0.3, -0.25) is 9.69 Å². The van der Waals surface area contributed by atoms with E-state index < -0.39 is 0 Å². The van der Waals surface area contributed by atoms with Crippen LogP contribution in [0.3, 0.4) is 0 Å². The number of amides is 1. The smallest absolute Gasteiger partial charge is 0.219 e. The SMILES string of the molecule is CCOc1cccc(-c2ccc3nc(-c4ccc(Cl)cc4)c(CN4CCN(C(C)=O)CC4)n3c2)c1. The van der Waals surface area contributed by atoms with E-state index in [0.717, 1.165) is 72.2 Å². The lowest BCUT2D eigenvalue weighted by molar-refractivity contribution is -0.130. The zero-order valence-corrected chi connectivity index (χ0v) is 20.8. The van der Waals surface area contributed by atoms with Gasteiger partial charge in [0.2, 0.25) is 5.91 Å². The summed E-state index contributed by atoms with van der Waals surface area (Å²) in [5.74, 6) is 1.00. The molecule has 0 atom stereocenters. The molecular formula is C28H29ClN4O2. The summed E-state index contributed by atoms with van der Waals surface area (Å²) < 4.78 is 7.91. The molecule has 0 unspecified atom stereocenters. The highest BCUT2D eigenvalue weighted by Gasteiger charge is 2.22. The molecule has 3 heterocycles. The first-order chi connectivity index (χ1) is 17.0. The van der Waals surface area contributed by atoms with Gasteiger partial charge in [-0.05, 0) is 54.4 Å². The predicted octanol–water partition coefficient (Wildman–Crippen LogP) is 5.38. The van der Waals surface area contributed by atoms with Gasteiger partial charge in [0.1, 0.15) is 11.4 Å². The number of imidazole rings is 1. The number of halogens is 1. The van der Waals surface area contributed by atoms with E-state index in [-0.39, 0.29) is 5.91 Å². The second-order valence-electron chi connectivity index (χ2n) is 8.80. The van der Waals surface area contributed by atoms with Gasteiger partial charge >= 0.3 is 0 Å². The first-order valence-corrected chi connectivity index (χ1v) is 12.4. The number of fused-ring (bicyclic) bond motifs is 1. The van der Waals surface area contributed by atoms with Crippen LogP contribution in [0, 0.1) is 0 Å². The summed E-state index contributed by atoms with van der Waals surface area (Å²) >= 11 is 6.16. The Bertz CT molecular complexity index is 1340. The Labute approximate surface area is 210 Å². The van der Waals surface area contributed by atoms with Gasteiger partial charge in [-0.2, -0.15) is 0 Å². The Kier molecular flexibility index (Phi) is 6.75. The highest BCUT2D eigenvalue weighted by molar-refractivity contribution is 6.30. The van der Waals surface area contributed by atoms with E-state index in [2.05, 4.69) is 39.8 Å². The standard InChI is InChI=1S/C28H29ClN4O2/c1-3-35-25-6-4-5-22(17-25)23-9-12-27-30-28(21-7-10-24(29)11-8-21)26(33(27)18-23)19-31-13-15-32(16-14-31)20(2)34/h4-12,17-18H,3,13-16,19H2,1-2H3. The number of nitrogens with zero attached hydrogens (tertiary/aromatic N) is 4. The minimum atomic E-state index is 0.139. The topological polar surface area (TPSA) is 50.1 Å². The maximum Gasteiger partial charge on any atom is 0.219 e. The third-order valence-corrected chi connectivity index (χ3v) is 6.76. The molecule has 0 aliphatic carbocycles. The van der Waals surface area contributed by atoms with Gasteiger partial charge in [-0.25, -0.2) is 4.98 Å². The minimum Gasteiger partial charge on any atom is -0.494 e. The van der Waals surface area contributed by atoms with Gasteiger partial charge in [0.25, 0.3) is 0 Å². The van der Waals surface area contributed by atoms with Crippen molar-refractivity contribution in [1.29, 1.82) is 0 Å². The normalized spacial score (nSPS) is 14.4. The van der Waals surface area contributed by atoms with Gasteiger partial charge < -0.3 is 14.0 Å². The average Bonchev–Trinajstić information content (AvgIpc) is 3.22. The van der Waals surface area contributed by atoms with Crippen LogP contribution in [-0.4, -0.2) is 57.9 Å². The molecule has 7 heteroatoms. The van der Waals surface area contributed by atoms with E-state index in [4.69, 9.17) is 21.3 Å². The first kappa shape index (κ1) is 23.4. The van der Waals surface area contributed by atoms with Crippen molar-refractivity contribution >= 4 is 23.2 Å². The quantitative estimate of drug-likeness (QED) is 0.365. The molecule has 2 aromatic carbocycles. The van der Waals surface area contributed by atoms with Crippen LogP contribution in [0.4, 0.5) is 0 Å². The first-order valence-electron chi connectivity index (χ1n) is 12.0. The predicted molar refractivity (Wildman–Crippen MR) is 140 cm³/mol. The number of hydrogen-bond acceptors (Lipinski definition) is 4. The van der Waals surface area contributed by atoms with E-state index >= 15 is 0 Å². The Hall–Kier alpha value is -3.35. The molecule has 1 aliphatic rings. The second-order valence-corrected chi connectivity index (χ2v) is 9.24. The van der Waals surface area contributed by atoms with E-state index in [1.54, 1.807) is 6.92 Å². The molecule has 5 rings (SSSR count). The lowest BCUT2D eigenvalue weighted by Crippen LogP contribution is -2.47. The van der Waals surface area contributed by atoms with Crippen molar-refractivity contribution in [2.24, 2.45) is 0 Å². The number of carbonyl (C=O) groups excluding carboxylic acids is 1. The maximum absolute atomic E-state index is 11.8. The number of benzene rings is 2. The third kappa shape index (κ3) is 5.04. The zero-order valence-electron chi connectivity index (χ0n) is 20.1. The Balaban J connectivity index is 1.55. The number of hydrogen-bond donors (Lipinski definition) is 0. The van der Waals surface area contributed by atoms with Crippen molar-refractivity contribution in [3.05, 3.63) is 77.6 Å². The van der Waals surface area contributed by atoms with Crippen LogP contribution in [0.2, 0.25) is 5.02 Å². The van der Waals surface area contributed by atoms with Crippen molar-refractivity contribution in [1.82, 2.24) is 19.2 Å². The van der Waals surface area contributed by atoms with Crippen LogP contribution in [0.25, 0.3) is 28.0 Å². The lowest BCUT2D eigenvalue weighted by Gasteiger charge is -2.34.